The summed E-state index contributed by atoms with van der Waals surface area (Å²) in [6.07, 6.45) is 3.71. The fourth-order valence-corrected chi connectivity index (χ4v) is 3.81. The minimum absolute atomic E-state index is 0.0397. The highest BCUT2D eigenvalue weighted by atomic mass is 16.2. The summed E-state index contributed by atoms with van der Waals surface area (Å²) in [6, 6.07) is 15.5. The molecule has 5 nitrogen and oxygen atoms in total. The molecule has 1 amide bonds. The molecule has 4 aromatic rings. The molecule has 0 aliphatic carbocycles. The van der Waals surface area contributed by atoms with Crippen LogP contribution in [0.15, 0.2) is 65.7 Å². The summed E-state index contributed by atoms with van der Waals surface area (Å²) in [5.41, 5.74) is 2.26. The smallest absolute Gasteiger partial charge is 0.258 e. The molecule has 2 aromatic carbocycles. The summed E-state index contributed by atoms with van der Waals surface area (Å²) in [5.74, 6) is -0.222. The van der Waals surface area contributed by atoms with Gasteiger partial charge in [0, 0.05) is 40.6 Å². The molecule has 148 valence electrons. The number of hydrogen-bond donors (Lipinski definition) is 1. The van der Waals surface area contributed by atoms with Gasteiger partial charge in [-0.3, -0.25) is 9.59 Å². The van der Waals surface area contributed by atoms with Crippen LogP contribution in [0.25, 0.3) is 21.7 Å². The molecular formula is C24H25N3O2. The lowest BCUT2D eigenvalue weighted by Crippen LogP contribution is -2.25. The molecule has 4 rings (SSSR count). The molecule has 29 heavy (non-hydrogen) atoms. The lowest BCUT2D eigenvalue weighted by molar-refractivity contribution is 0.102. The highest BCUT2D eigenvalue weighted by Crippen LogP contribution is 2.28. The molecule has 0 atom stereocenters. The number of hydrogen-bond acceptors (Lipinski definition) is 2. The predicted octanol–water partition coefficient (Wildman–Crippen LogP) is 5.37. The zero-order valence-electron chi connectivity index (χ0n) is 17.1. The van der Waals surface area contributed by atoms with Crippen LogP contribution in [0.5, 0.6) is 0 Å². The number of nitrogens with one attached hydrogen (secondary N) is 1. The van der Waals surface area contributed by atoms with Gasteiger partial charge >= 0.3 is 0 Å². The quantitative estimate of drug-likeness (QED) is 0.512. The molecule has 1 N–H and O–H groups in total. The standard InChI is InChI=1S/C24H25N3O2/c1-15(2)26-13-12-19-21(10-7-11-22(19)26)25-23(28)20-14-27(16(3)4)24(29)18-9-6-5-8-17(18)20/h5-16H,1-4H3,(H,25,28). The average molecular weight is 387 g/mol. The maximum Gasteiger partial charge on any atom is 0.258 e. The van der Waals surface area contributed by atoms with Crippen LogP contribution in [0.4, 0.5) is 5.69 Å². The lowest BCUT2D eigenvalue weighted by Gasteiger charge is -2.15. The van der Waals surface area contributed by atoms with Crippen molar-refractivity contribution in [3.8, 4) is 0 Å². The van der Waals surface area contributed by atoms with Crippen LogP contribution in [0.3, 0.4) is 0 Å². The maximum atomic E-state index is 13.3. The van der Waals surface area contributed by atoms with Crippen molar-refractivity contribution in [3.05, 3.63) is 76.8 Å². The molecular weight excluding hydrogens is 362 g/mol. The number of carbonyl (C=O) groups is 1. The van der Waals surface area contributed by atoms with E-state index in [4.69, 9.17) is 0 Å². The molecule has 5 heteroatoms. The molecule has 0 saturated carbocycles. The first-order chi connectivity index (χ1) is 13.9. The predicted molar refractivity (Wildman–Crippen MR) is 119 cm³/mol. The van der Waals surface area contributed by atoms with Crippen molar-refractivity contribution in [3.63, 3.8) is 0 Å². The maximum absolute atomic E-state index is 13.3. The number of carbonyl (C=O) groups excluding carboxylic acids is 1. The van der Waals surface area contributed by atoms with E-state index in [9.17, 15) is 9.59 Å². The second kappa shape index (κ2) is 7.24. The number of pyridine rings is 1. The number of anilines is 1. The number of benzene rings is 2. The van der Waals surface area contributed by atoms with E-state index in [-0.39, 0.29) is 17.5 Å². The van der Waals surface area contributed by atoms with Gasteiger partial charge in [-0.1, -0.05) is 24.3 Å². The third-order valence-corrected chi connectivity index (χ3v) is 5.32. The Balaban J connectivity index is 1.82. The van der Waals surface area contributed by atoms with Crippen LogP contribution in [0.1, 0.15) is 50.1 Å². The summed E-state index contributed by atoms with van der Waals surface area (Å²) in [7, 11) is 0. The van der Waals surface area contributed by atoms with Crippen molar-refractivity contribution in [2.24, 2.45) is 0 Å². The zero-order valence-corrected chi connectivity index (χ0v) is 17.1. The summed E-state index contributed by atoms with van der Waals surface area (Å²) in [4.78, 5) is 26.0. The Bertz CT molecular complexity index is 1280. The van der Waals surface area contributed by atoms with Gasteiger partial charge in [0.2, 0.25) is 0 Å². The van der Waals surface area contributed by atoms with Gasteiger partial charge < -0.3 is 14.5 Å². The highest BCUT2D eigenvalue weighted by molar-refractivity contribution is 6.14. The highest BCUT2D eigenvalue weighted by Gasteiger charge is 2.17. The van der Waals surface area contributed by atoms with Gasteiger partial charge in [-0.05, 0) is 52.0 Å². The molecule has 0 aliphatic heterocycles. The zero-order chi connectivity index (χ0) is 20.7. The van der Waals surface area contributed by atoms with Crippen molar-refractivity contribution in [1.29, 1.82) is 0 Å². The lowest BCUT2D eigenvalue weighted by atomic mass is 10.1. The van der Waals surface area contributed by atoms with Crippen LogP contribution in [0.2, 0.25) is 0 Å². The Hall–Kier alpha value is -3.34. The Morgan fingerprint density at radius 3 is 2.21 bits per heavy atom. The Morgan fingerprint density at radius 1 is 0.828 bits per heavy atom. The van der Waals surface area contributed by atoms with Gasteiger partial charge in [0.05, 0.1) is 16.8 Å². The van der Waals surface area contributed by atoms with Crippen molar-refractivity contribution in [2.75, 3.05) is 5.32 Å². The molecule has 0 spiro atoms. The van der Waals surface area contributed by atoms with E-state index in [1.54, 1.807) is 16.8 Å². The fraction of sp³-hybridized carbons (Fsp3) is 0.250. The third kappa shape index (κ3) is 3.23. The van der Waals surface area contributed by atoms with Crippen molar-refractivity contribution < 1.29 is 4.79 Å². The summed E-state index contributed by atoms with van der Waals surface area (Å²) >= 11 is 0. The monoisotopic (exact) mass is 387 g/mol. The Labute approximate surface area is 169 Å². The van der Waals surface area contributed by atoms with Crippen LogP contribution in [0, 0.1) is 0 Å². The minimum Gasteiger partial charge on any atom is -0.345 e. The van der Waals surface area contributed by atoms with Crippen LogP contribution >= 0.6 is 0 Å². The third-order valence-electron chi connectivity index (χ3n) is 5.32. The number of aromatic nitrogens is 2. The van der Waals surface area contributed by atoms with Gasteiger partial charge in [0.25, 0.3) is 11.5 Å². The number of nitrogens with zero attached hydrogens (tertiary/aromatic N) is 2. The van der Waals surface area contributed by atoms with Crippen molar-refractivity contribution in [1.82, 2.24) is 9.13 Å². The summed E-state index contributed by atoms with van der Waals surface area (Å²) in [6.45, 7) is 8.14. The molecule has 0 saturated heterocycles. The normalized spacial score (nSPS) is 11.7. The van der Waals surface area contributed by atoms with Crippen LogP contribution < -0.4 is 10.9 Å². The van der Waals surface area contributed by atoms with Gasteiger partial charge in [-0.15, -0.1) is 0 Å². The second-order valence-corrected chi connectivity index (χ2v) is 7.90. The van der Waals surface area contributed by atoms with Crippen LogP contribution in [-0.2, 0) is 0 Å². The first-order valence-electron chi connectivity index (χ1n) is 9.93. The van der Waals surface area contributed by atoms with E-state index >= 15 is 0 Å². The van der Waals surface area contributed by atoms with Gasteiger partial charge in [0.1, 0.15) is 0 Å². The molecule has 0 unspecified atom stereocenters. The van der Waals surface area contributed by atoms with E-state index < -0.39 is 0 Å². The van der Waals surface area contributed by atoms with E-state index in [0.29, 0.717) is 22.4 Å². The molecule has 0 radical (unpaired) electrons. The SMILES string of the molecule is CC(C)n1cc(C(=O)Nc2cccc3c2ccn3C(C)C)c2ccccc2c1=O. The molecule has 0 fully saturated rings. The van der Waals surface area contributed by atoms with Crippen molar-refractivity contribution in [2.45, 2.75) is 39.8 Å². The van der Waals surface area contributed by atoms with Gasteiger partial charge in [-0.25, -0.2) is 0 Å². The van der Waals surface area contributed by atoms with E-state index in [0.717, 1.165) is 16.6 Å². The van der Waals surface area contributed by atoms with E-state index in [1.807, 2.05) is 56.4 Å². The minimum atomic E-state index is -0.222. The number of fused-ring (bicyclic) bond motifs is 2. The first-order valence-corrected chi connectivity index (χ1v) is 9.93. The van der Waals surface area contributed by atoms with Gasteiger partial charge in [0.15, 0.2) is 0 Å². The topological polar surface area (TPSA) is 56.0 Å². The van der Waals surface area contributed by atoms with E-state index in [1.165, 1.54) is 0 Å². The largest absolute Gasteiger partial charge is 0.345 e. The first kappa shape index (κ1) is 19.0. The van der Waals surface area contributed by atoms with Gasteiger partial charge in [-0.2, -0.15) is 0 Å². The molecule has 2 heterocycles. The average Bonchev–Trinajstić information content (AvgIpc) is 3.13. The Morgan fingerprint density at radius 2 is 1.52 bits per heavy atom. The number of amides is 1. The van der Waals surface area contributed by atoms with Crippen LogP contribution in [-0.4, -0.2) is 15.0 Å². The Kier molecular flexibility index (Phi) is 4.74. The summed E-state index contributed by atoms with van der Waals surface area (Å²) < 4.78 is 3.80. The van der Waals surface area contributed by atoms with E-state index in [2.05, 4.69) is 29.8 Å². The molecule has 0 aliphatic rings. The molecule has 0 bridgehead atoms. The molecule has 2 aromatic heterocycles. The number of rotatable bonds is 4. The summed E-state index contributed by atoms with van der Waals surface area (Å²) in [5, 5.41) is 5.28. The second-order valence-electron chi connectivity index (χ2n) is 7.90. The van der Waals surface area contributed by atoms with Crippen molar-refractivity contribution >= 4 is 33.3 Å². The fourth-order valence-electron chi connectivity index (χ4n) is 3.81.